The van der Waals surface area contributed by atoms with Gasteiger partial charge in [0.25, 0.3) is 7.34 Å². The zero-order chi connectivity index (χ0) is 13.0. The molecule has 0 bridgehead atoms. The largest absolute Gasteiger partial charge is 0.506 e. The Bertz CT molecular complexity index is 546. The third kappa shape index (κ3) is 2.20. The molecule has 0 spiro atoms. The number of aromatic hydroxyl groups is 1. The summed E-state index contributed by atoms with van der Waals surface area (Å²) in [4.78, 5) is 12.0. The molecule has 0 aliphatic heterocycles. The standard InChI is InChI=1S/C13H11NO2/c15-12-9-5-4-8-11(12)14-13(16)10-6-2-1-3-7-10/h1-9,15H,(H,14,16)/i/hD2. The first-order chi connectivity index (χ1) is 8.74. The lowest BCUT2D eigenvalue weighted by Gasteiger charge is -2.06. The molecule has 2 rings (SSSR count). The SMILES string of the molecule is [2H]Oc1ccccc1N([2H])C(=O)c1ccccc1. The van der Waals surface area contributed by atoms with Crippen LogP contribution in [0.4, 0.5) is 5.69 Å². The van der Waals surface area contributed by atoms with E-state index in [-0.39, 0.29) is 11.4 Å². The number of hydrogen-bond acceptors (Lipinski definition) is 2. The summed E-state index contributed by atoms with van der Waals surface area (Å²) in [7, 11) is 0. The molecular weight excluding hydrogens is 202 g/mol. The highest BCUT2D eigenvalue weighted by atomic mass is 16.3. The molecule has 0 fully saturated rings. The number of benzene rings is 2. The summed E-state index contributed by atoms with van der Waals surface area (Å²) in [6.45, 7) is 0. The van der Waals surface area contributed by atoms with Crippen LogP contribution in [0.15, 0.2) is 54.6 Å². The van der Waals surface area contributed by atoms with Crippen molar-refractivity contribution in [2.45, 2.75) is 0 Å². The number of phenolic OH excluding ortho intramolecular Hbond substituents is 1. The van der Waals surface area contributed by atoms with Gasteiger partial charge in [0.1, 0.15) is 5.75 Å². The number of hydrogen-bond donors (Lipinski definition) is 2. The Balaban J connectivity index is 2.31. The topological polar surface area (TPSA) is 49.3 Å². The fourth-order valence-corrected chi connectivity index (χ4v) is 1.30. The molecule has 0 aliphatic carbocycles. The second-order valence-corrected chi connectivity index (χ2v) is 3.25. The maximum absolute atomic E-state index is 12.0. The molecule has 2 N–H and O–H groups in total. The minimum Gasteiger partial charge on any atom is -0.506 e. The Labute approximate surface area is 96.3 Å². The van der Waals surface area contributed by atoms with Gasteiger partial charge in [-0.15, -0.1) is 0 Å². The normalized spacial score (nSPS) is 11.2. The molecule has 0 unspecified atom stereocenters. The molecule has 80 valence electrons. The highest BCUT2D eigenvalue weighted by molar-refractivity contribution is 6.04. The van der Waals surface area contributed by atoms with Crippen LogP contribution in [0.25, 0.3) is 0 Å². The molecule has 3 nitrogen and oxygen atoms in total. The summed E-state index contributed by atoms with van der Waals surface area (Å²) < 4.78 is 14.7. The lowest BCUT2D eigenvalue weighted by atomic mass is 10.2. The van der Waals surface area contributed by atoms with Crippen LogP contribution in [-0.4, -0.2) is 12.4 Å². The van der Waals surface area contributed by atoms with Crippen molar-refractivity contribution in [1.82, 2.24) is 0 Å². The molecular formula is C13H11NO2. The van der Waals surface area contributed by atoms with Crippen molar-refractivity contribution in [3.8, 4) is 5.75 Å². The first-order valence-electron chi connectivity index (χ1n) is 5.70. The van der Waals surface area contributed by atoms with Crippen molar-refractivity contribution >= 4 is 11.6 Å². The molecule has 0 atom stereocenters. The van der Waals surface area contributed by atoms with Crippen LogP contribution in [0.2, 0.25) is 1.41 Å². The zero-order valence-electron chi connectivity index (χ0n) is 10.5. The lowest BCUT2D eigenvalue weighted by molar-refractivity contribution is 0.102. The number of carbonyl (C=O) groups excluding carboxylic acids is 1. The average Bonchev–Trinajstić information content (AvgIpc) is 2.46. The predicted molar refractivity (Wildman–Crippen MR) is 62.5 cm³/mol. The van der Waals surface area contributed by atoms with Gasteiger partial charge in [-0.1, -0.05) is 30.3 Å². The first kappa shape index (κ1) is 7.93. The van der Waals surface area contributed by atoms with Crippen LogP contribution >= 0.6 is 0 Å². The predicted octanol–water partition coefficient (Wildman–Crippen LogP) is 2.64. The Morgan fingerprint density at radius 1 is 1.12 bits per heavy atom. The summed E-state index contributed by atoms with van der Waals surface area (Å²) in [5, 5.41) is 5.11. The third-order valence-electron chi connectivity index (χ3n) is 2.11. The maximum Gasteiger partial charge on any atom is 0.293 e. The number of anilines is 1. The van der Waals surface area contributed by atoms with Gasteiger partial charge in [0, 0.05) is 5.56 Å². The molecule has 0 saturated carbocycles. The third-order valence-corrected chi connectivity index (χ3v) is 2.11. The number of phenols is 1. The van der Waals surface area contributed by atoms with Crippen LogP contribution < -0.4 is 5.31 Å². The minimum absolute atomic E-state index is 0.164. The Kier molecular flexibility index (Phi) is 2.22. The molecule has 0 aromatic heterocycles. The number of amides is 1. The van der Waals surface area contributed by atoms with Gasteiger partial charge in [0.2, 0.25) is 0 Å². The van der Waals surface area contributed by atoms with E-state index in [0.29, 0.717) is 5.56 Å². The van der Waals surface area contributed by atoms with Gasteiger partial charge in [-0.25, -0.2) is 0 Å². The van der Waals surface area contributed by atoms with E-state index in [1.54, 1.807) is 48.5 Å². The molecule has 16 heavy (non-hydrogen) atoms. The van der Waals surface area contributed by atoms with Crippen LogP contribution in [0.3, 0.4) is 0 Å². The highest BCUT2D eigenvalue weighted by Crippen LogP contribution is 2.21. The Hall–Kier alpha value is -2.29. The van der Waals surface area contributed by atoms with E-state index in [2.05, 4.69) is 5.11 Å². The molecule has 0 heterocycles. The first-order valence-corrected chi connectivity index (χ1v) is 4.84. The summed E-state index contributed by atoms with van der Waals surface area (Å²) >= 11 is 0. The van der Waals surface area contributed by atoms with E-state index >= 15 is 0 Å². The van der Waals surface area contributed by atoms with Crippen molar-refractivity contribution in [2.75, 3.05) is 5.31 Å². The average molecular weight is 215 g/mol. The van der Waals surface area contributed by atoms with Gasteiger partial charge in [0.05, 0.1) is 5.69 Å². The summed E-state index contributed by atoms with van der Waals surface area (Å²) in [5.41, 5.74) is 0.647. The number of nitrogens with one attached hydrogen (secondary N) is 1. The van der Waals surface area contributed by atoms with E-state index < -0.39 is 5.91 Å². The number of carbonyl (C=O) groups is 1. The summed E-state index contributed by atoms with van der Waals surface area (Å²) in [5.74, 6) is -0.308. The van der Waals surface area contributed by atoms with Gasteiger partial charge >= 0.3 is 0 Å². The van der Waals surface area contributed by atoms with Gasteiger partial charge in [-0.05, 0) is 24.3 Å². The van der Waals surface area contributed by atoms with Crippen LogP contribution in [0.1, 0.15) is 10.4 Å². The van der Waals surface area contributed by atoms with Crippen LogP contribution in [0.5, 0.6) is 5.75 Å². The monoisotopic (exact) mass is 215 g/mol. The molecule has 3 heteroatoms. The highest BCUT2D eigenvalue weighted by Gasteiger charge is 2.06. The van der Waals surface area contributed by atoms with E-state index in [9.17, 15) is 4.79 Å². The maximum atomic E-state index is 12.0. The van der Waals surface area contributed by atoms with Crippen molar-refractivity contribution in [2.24, 2.45) is 0 Å². The Morgan fingerprint density at radius 3 is 2.56 bits per heavy atom. The second-order valence-electron chi connectivity index (χ2n) is 3.25. The molecule has 2 aromatic carbocycles. The molecule has 2 aromatic rings. The van der Waals surface area contributed by atoms with Crippen molar-refractivity contribution in [1.29, 1.82) is 1.43 Å². The molecule has 0 saturated heterocycles. The molecule has 0 aliphatic rings. The smallest absolute Gasteiger partial charge is 0.293 e. The van der Waals surface area contributed by atoms with Gasteiger partial charge < -0.3 is 10.4 Å². The minimum atomic E-state index is -0.472. The van der Waals surface area contributed by atoms with Crippen molar-refractivity contribution in [3.05, 3.63) is 60.2 Å². The van der Waals surface area contributed by atoms with E-state index in [0.717, 1.165) is 5.31 Å². The fraction of sp³-hybridized carbons (Fsp3) is 0. The van der Waals surface area contributed by atoms with E-state index in [4.69, 9.17) is 2.84 Å². The van der Waals surface area contributed by atoms with Crippen molar-refractivity contribution in [3.63, 3.8) is 0 Å². The Morgan fingerprint density at radius 2 is 1.81 bits per heavy atom. The van der Waals surface area contributed by atoms with E-state index in [1.165, 1.54) is 6.07 Å². The lowest BCUT2D eigenvalue weighted by Crippen LogP contribution is -2.11. The van der Waals surface area contributed by atoms with Crippen LogP contribution in [-0.2, 0) is 0 Å². The second kappa shape index (κ2) is 4.49. The van der Waals surface area contributed by atoms with Crippen molar-refractivity contribution < 1.29 is 11.3 Å². The summed E-state index contributed by atoms with van der Waals surface area (Å²) in [6, 6.07) is 15.0. The zero-order valence-corrected chi connectivity index (χ0v) is 8.46. The number of para-hydroxylation sites is 2. The molecule has 1 amide bonds. The number of rotatable bonds is 3. The van der Waals surface area contributed by atoms with Gasteiger partial charge in [0.15, 0.2) is 1.41 Å². The van der Waals surface area contributed by atoms with Crippen LogP contribution in [0, 0.1) is 0 Å². The quantitative estimate of drug-likeness (QED) is 0.773. The molecule has 0 radical (unpaired) electrons. The van der Waals surface area contributed by atoms with E-state index in [1.807, 2.05) is 0 Å². The summed E-state index contributed by atoms with van der Waals surface area (Å²) in [6.07, 6.45) is 0. The van der Waals surface area contributed by atoms with Gasteiger partial charge in [-0.2, -0.15) is 0 Å². The fourth-order valence-electron chi connectivity index (χ4n) is 1.30. The van der Waals surface area contributed by atoms with Gasteiger partial charge in [-0.3, -0.25) is 4.79 Å².